The minimum absolute atomic E-state index is 0.0340. The van der Waals surface area contributed by atoms with Crippen LogP contribution in [-0.4, -0.2) is 25.2 Å². The monoisotopic (exact) mass is 253 g/mol. The van der Waals surface area contributed by atoms with Crippen LogP contribution in [0.1, 0.15) is 46.5 Å². The Morgan fingerprint density at radius 1 is 1.33 bits per heavy atom. The van der Waals surface area contributed by atoms with Gasteiger partial charge in [-0.1, -0.05) is 13.8 Å². The summed E-state index contributed by atoms with van der Waals surface area (Å²) >= 11 is 0. The van der Waals surface area contributed by atoms with Crippen LogP contribution >= 0.6 is 0 Å². The Labute approximate surface area is 111 Å². The summed E-state index contributed by atoms with van der Waals surface area (Å²) in [6.07, 6.45) is 4.92. The normalized spacial score (nSPS) is 34.2. The van der Waals surface area contributed by atoms with Gasteiger partial charge >= 0.3 is 5.97 Å². The number of carbonyl (C=O) groups is 1. The van der Waals surface area contributed by atoms with Gasteiger partial charge in [-0.2, -0.15) is 0 Å². The predicted octanol–water partition coefficient (Wildman–Crippen LogP) is 2.60. The van der Waals surface area contributed by atoms with E-state index in [-0.39, 0.29) is 11.9 Å². The Hall–Kier alpha value is -0.570. The Morgan fingerprint density at radius 3 is 2.72 bits per heavy atom. The lowest BCUT2D eigenvalue weighted by atomic mass is 9.84. The molecule has 0 aliphatic heterocycles. The topological polar surface area (TPSA) is 38.3 Å². The van der Waals surface area contributed by atoms with Crippen molar-refractivity contribution < 1.29 is 9.53 Å². The van der Waals surface area contributed by atoms with Crippen LogP contribution in [0.3, 0.4) is 0 Å². The third kappa shape index (κ3) is 2.87. The van der Waals surface area contributed by atoms with Crippen LogP contribution in [0.4, 0.5) is 0 Å². The minimum Gasteiger partial charge on any atom is -0.466 e. The zero-order valence-corrected chi connectivity index (χ0v) is 11.9. The highest BCUT2D eigenvalue weighted by atomic mass is 16.5. The van der Waals surface area contributed by atoms with E-state index in [9.17, 15) is 4.79 Å². The first-order valence-corrected chi connectivity index (χ1v) is 7.53. The highest BCUT2D eigenvalue weighted by molar-refractivity contribution is 5.74. The first kappa shape index (κ1) is 13.9. The number of fused-ring (bicyclic) bond motifs is 2. The van der Waals surface area contributed by atoms with Gasteiger partial charge in [0.2, 0.25) is 0 Å². The Kier molecular flexibility index (Phi) is 4.66. The van der Waals surface area contributed by atoms with E-state index in [1.165, 1.54) is 25.7 Å². The molecule has 2 unspecified atom stereocenters. The Balaban J connectivity index is 1.91. The molecule has 2 aliphatic carbocycles. The number of nitrogens with one attached hydrogen (secondary N) is 1. The molecule has 18 heavy (non-hydrogen) atoms. The molecule has 0 radical (unpaired) electrons. The van der Waals surface area contributed by atoms with Gasteiger partial charge in [0.1, 0.15) is 0 Å². The molecule has 104 valence electrons. The van der Waals surface area contributed by atoms with Gasteiger partial charge in [-0.05, 0) is 56.9 Å². The summed E-state index contributed by atoms with van der Waals surface area (Å²) in [6, 6.07) is 0.376. The van der Waals surface area contributed by atoms with Crippen molar-refractivity contribution in [3.8, 4) is 0 Å². The molecule has 2 rings (SSSR count). The molecule has 2 bridgehead atoms. The van der Waals surface area contributed by atoms with Gasteiger partial charge in [-0.3, -0.25) is 4.79 Å². The van der Waals surface area contributed by atoms with E-state index in [0.717, 1.165) is 12.5 Å². The first-order valence-electron chi connectivity index (χ1n) is 7.53. The van der Waals surface area contributed by atoms with Gasteiger partial charge in [0.15, 0.2) is 0 Å². The third-order valence-corrected chi connectivity index (χ3v) is 4.58. The van der Waals surface area contributed by atoms with Crippen LogP contribution < -0.4 is 5.32 Å². The number of esters is 1. The molecule has 0 heterocycles. The fourth-order valence-corrected chi connectivity index (χ4v) is 3.70. The summed E-state index contributed by atoms with van der Waals surface area (Å²) in [5.74, 6) is 2.15. The minimum atomic E-state index is 0.0340. The number of hydrogen-bond acceptors (Lipinski definition) is 3. The number of carbonyl (C=O) groups excluding carboxylic acids is 1. The van der Waals surface area contributed by atoms with Crippen LogP contribution in [0.5, 0.6) is 0 Å². The zero-order chi connectivity index (χ0) is 13.1. The van der Waals surface area contributed by atoms with Gasteiger partial charge in [0.25, 0.3) is 0 Å². The highest BCUT2D eigenvalue weighted by Gasteiger charge is 2.51. The number of hydrogen-bond donors (Lipinski definition) is 1. The highest BCUT2D eigenvalue weighted by Crippen LogP contribution is 2.48. The molecule has 4 atom stereocenters. The van der Waals surface area contributed by atoms with Gasteiger partial charge in [0, 0.05) is 6.04 Å². The van der Waals surface area contributed by atoms with Crippen molar-refractivity contribution in [1.29, 1.82) is 0 Å². The van der Waals surface area contributed by atoms with Crippen molar-refractivity contribution in [2.45, 2.75) is 52.5 Å². The van der Waals surface area contributed by atoms with Crippen LogP contribution in [0, 0.1) is 23.7 Å². The molecular weight excluding hydrogens is 226 g/mol. The van der Waals surface area contributed by atoms with E-state index in [0.29, 0.717) is 24.5 Å². The summed E-state index contributed by atoms with van der Waals surface area (Å²) in [7, 11) is 0. The summed E-state index contributed by atoms with van der Waals surface area (Å²) < 4.78 is 5.26. The average molecular weight is 253 g/mol. The van der Waals surface area contributed by atoms with Crippen LogP contribution in [0.2, 0.25) is 0 Å². The fourth-order valence-electron chi connectivity index (χ4n) is 3.70. The van der Waals surface area contributed by atoms with Gasteiger partial charge < -0.3 is 10.1 Å². The lowest BCUT2D eigenvalue weighted by Gasteiger charge is -2.30. The van der Waals surface area contributed by atoms with Gasteiger partial charge in [-0.25, -0.2) is 0 Å². The summed E-state index contributed by atoms with van der Waals surface area (Å²) in [5, 5.41) is 3.63. The molecule has 2 saturated carbocycles. The van der Waals surface area contributed by atoms with E-state index in [2.05, 4.69) is 19.2 Å². The molecular formula is C15H27NO2. The molecule has 0 saturated heterocycles. The van der Waals surface area contributed by atoms with Gasteiger partial charge in [0.05, 0.1) is 12.5 Å². The fraction of sp³-hybridized carbons (Fsp3) is 0.933. The quantitative estimate of drug-likeness (QED) is 0.739. The number of rotatable bonds is 6. The van der Waals surface area contributed by atoms with E-state index >= 15 is 0 Å². The lowest BCUT2D eigenvalue weighted by Crippen LogP contribution is -2.45. The average Bonchev–Trinajstić information content (AvgIpc) is 2.89. The van der Waals surface area contributed by atoms with Gasteiger partial charge in [-0.15, -0.1) is 0 Å². The zero-order valence-electron chi connectivity index (χ0n) is 11.9. The van der Waals surface area contributed by atoms with Crippen LogP contribution in [0.25, 0.3) is 0 Å². The summed E-state index contributed by atoms with van der Waals surface area (Å²) in [4.78, 5) is 12.1. The molecule has 0 spiro atoms. The first-order chi connectivity index (χ1) is 8.63. The van der Waals surface area contributed by atoms with E-state index in [1.54, 1.807) is 0 Å². The molecule has 2 fully saturated rings. The molecule has 0 aromatic rings. The van der Waals surface area contributed by atoms with E-state index < -0.39 is 0 Å². The molecule has 3 heteroatoms. The molecule has 2 aliphatic rings. The maximum atomic E-state index is 12.1. The second-order valence-corrected chi connectivity index (χ2v) is 6.27. The van der Waals surface area contributed by atoms with Crippen molar-refractivity contribution in [2.24, 2.45) is 23.7 Å². The maximum absolute atomic E-state index is 12.1. The van der Waals surface area contributed by atoms with Crippen molar-refractivity contribution in [3.05, 3.63) is 0 Å². The largest absolute Gasteiger partial charge is 0.466 e. The predicted molar refractivity (Wildman–Crippen MR) is 72.2 cm³/mol. The Bertz CT molecular complexity index is 290. The SMILES string of the molecule is CCOC(=O)C1C(NCCC(C)C)[C@@H]2CC[C@H]1C2. The van der Waals surface area contributed by atoms with Crippen molar-refractivity contribution in [2.75, 3.05) is 13.2 Å². The molecule has 0 amide bonds. The van der Waals surface area contributed by atoms with Crippen molar-refractivity contribution in [3.63, 3.8) is 0 Å². The Morgan fingerprint density at radius 2 is 2.06 bits per heavy atom. The van der Waals surface area contributed by atoms with E-state index in [4.69, 9.17) is 4.74 Å². The summed E-state index contributed by atoms with van der Waals surface area (Å²) in [5.41, 5.74) is 0. The van der Waals surface area contributed by atoms with Crippen LogP contribution in [-0.2, 0) is 9.53 Å². The number of ether oxygens (including phenoxy) is 1. The summed E-state index contributed by atoms with van der Waals surface area (Å²) in [6.45, 7) is 7.91. The lowest BCUT2D eigenvalue weighted by molar-refractivity contribution is -0.150. The molecule has 3 nitrogen and oxygen atoms in total. The second-order valence-electron chi connectivity index (χ2n) is 6.27. The standard InChI is InChI=1S/C15H27NO2/c1-4-18-15(17)13-11-5-6-12(9-11)14(13)16-8-7-10(2)3/h10-14,16H,4-9H2,1-3H3/t11-,12+,13?,14?/m0/s1. The van der Waals surface area contributed by atoms with Crippen molar-refractivity contribution in [1.82, 2.24) is 5.32 Å². The third-order valence-electron chi connectivity index (χ3n) is 4.58. The van der Waals surface area contributed by atoms with Crippen molar-refractivity contribution >= 4 is 5.97 Å². The van der Waals surface area contributed by atoms with E-state index in [1.807, 2.05) is 6.92 Å². The molecule has 0 aromatic carbocycles. The second kappa shape index (κ2) is 6.05. The maximum Gasteiger partial charge on any atom is 0.310 e. The van der Waals surface area contributed by atoms with Crippen LogP contribution in [0.15, 0.2) is 0 Å². The molecule has 0 aromatic heterocycles. The smallest absolute Gasteiger partial charge is 0.310 e. The molecule has 1 N–H and O–H groups in total.